The first-order valence-electron chi connectivity index (χ1n) is 4.74. The molecule has 1 rings (SSSR count). The molecule has 1 heterocycles. The average molecular weight is 325 g/mol. The number of hydrogen-bond donors (Lipinski definition) is 1. The van der Waals surface area contributed by atoms with E-state index in [1.54, 1.807) is 0 Å². The van der Waals surface area contributed by atoms with Gasteiger partial charge in [0.1, 0.15) is 6.61 Å². The molecule has 1 aliphatic rings. The molecule has 0 bridgehead atoms. The molecule has 14 heavy (non-hydrogen) atoms. The van der Waals surface area contributed by atoms with Crippen molar-refractivity contribution in [1.82, 2.24) is 4.90 Å². The third-order valence-corrected chi connectivity index (χ3v) is 1.47. The van der Waals surface area contributed by atoms with Crippen molar-refractivity contribution in [2.45, 2.75) is 33.1 Å². The monoisotopic (exact) mass is 325 g/mol. The Balaban J connectivity index is -0.000000141. The summed E-state index contributed by atoms with van der Waals surface area (Å²) in [7, 11) is 2.17. The van der Waals surface area contributed by atoms with Crippen molar-refractivity contribution in [3.05, 3.63) is 0 Å². The fourth-order valence-corrected chi connectivity index (χ4v) is 0.875. The fraction of sp³-hybridized carbons (Fsp3) is 1.00. The largest absolute Gasteiger partial charge is 0.390 e. The maximum atomic E-state index is 10.5. The van der Waals surface area contributed by atoms with Crippen LogP contribution in [0.4, 0.5) is 8.78 Å². The third-order valence-electron chi connectivity index (χ3n) is 1.47. The molecular formula is C9H22F2INO. The van der Waals surface area contributed by atoms with E-state index in [9.17, 15) is 8.78 Å². The van der Waals surface area contributed by atoms with Crippen LogP contribution in [0.5, 0.6) is 0 Å². The van der Waals surface area contributed by atoms with Crippen molar-refractivity contribution >= 4 is 24.0 Å². The number of likely N-dealkylation sites (tertiary alicyclic amines) is 1. The lowest BCUT2D eigenvalue weighted by molar-refractivity contribution is 0.0700. The first kappa shape index (κ1) is 20.0. The van der Waals surface area contributed by atoms with Gasteiger partial charge in [0, 0.05) is 0 Å². The minimum atomic E-state index is -2.56. The Morgan fingerprint density at radius 3 is 1.57 bits per heavy atom. The molecule has 0 radical (unpaired) electrons. The standard InChI is InChI=1S/C5H11N.C2H4F2O.C2H6.HI/c1-6-4-2-3-5-6;3-2(4)1-5;1-2;/h2-5H2,1H3;2,5H,1H2;1-2H3;1H. The minimum absolute atomic E-state index is 0. The van der Waals surface area contributed by atoms with Gasteiger partial charge in [-0.1, -0.05) is 13.8 Å². The zero-order valence-corrected chi connectivity index (χ0v) is 11.5. The summed E-state index contributed by atoms with van der Waals surface area (Å²) < 4.78 is 21.0. The number of aliphatic hydroxyl groups is 1. The van der Waals surface area contributed by atoms with Gasteiger partial charge >= 0.3 is 0 Å². The maximum absolute atomic E-state index is 10.5. The molecule has 90 valence electrons. The average Bonchev–Trinajstić information content (AvgIpc) is 2.60. The van der Waals surface area contributed by atoms with E-state index < -0.39 is 13.0 Å². The summed E-state index contributed by atoms with van der Waals surface area (Å²) in [6.45, 7) is 5.61. The molecule has 1 saturated heterocycles. The number of rotatable bonds is 1. The van der Waals surface area contributed by atoms with Gasteiger partial charge in [0.05, 0.1) is 0 Å². The number of halogens is 3. The molecule has 0 saturated carbocycles. The van der Waals surface area contributed by atoms with Gasteiger partial charge in [-0.15, -0.1) is 24.0 Å². The van der Waals surface area contributed by atoms with Crippen LogP contribution < -0.4 is 0 Å². The number of nitrogens with zero attached hydrogens (tertiary/aromatic N) is 1. The molecule has 0 unspecified atom stereocenters. The summed E-state index contributed by atoms with van der Waals surface area (Å²) >= 11 is 0. The molecule has 0 aromatic rings. The lowest BCUT2D eigenvalue weighted by atomic mass is 10.4. The molecule has 0 atom stereocenters. The molecule has 5 heteroatoms. The molecule has 0 aromatic heterocycles. The Morgan fingerprint density at radius 1 is 1.21 bits per heavy atom. The SMILES string of the molecule is CC.CN1CCCC1.I.OCC(F)F. The normalized spacial score (nSPS) is 14.8. The van der Waals surface area contributed by atoms with Crippen molar-refractivity contribution in [1.29, 1.82) is 0 Å². The molecule has 1 aliphatic heterocycles. The van der Waals surface area contributed by atoms with Crippen molar-refractivity contribution in [2.75, 3.05) is 26.7 Å². The third kappa shape index (κ3) is 18.3. The van der Waals surface area contributed by atoms with E-state index in [-0.39, 0.29) is 24.0 Å². The lowest BCUT2D eigenvalue weighted by Gasteiger charge is -2.01. The van der Waals surface area contributed by atoms with Crippen LogP contribution in [0.2, 0.25) is 0 Å². The van der Waals surface area contributed by atoms with E-state index in [0.29, 0.717) is 0 Å². The molecule has 0 aliphatic carbocycles. The molecule has 0 spiro atoms. The first-order valence-corrected chi connectivity index (χ1v) is 4.74. The van der Waals surface area contributed by atoms with E-state index in [4.69, 9.17) is 5.11 Å². The van der Waals surface area contributed by atoms with Gasteiger partial charge < -0.3 is 10.0 Å². The topological polar surface area (TPSA) is 23.5 Å². The van der Waals surface area contributed by atoms with E-state index in [1.807, 2.05) is 13.8 Å². The first-order chi connectivity index (χ1) is 6.16. The van der Waals surface area contributed by atoms with E-state index in [2.05, 4.69) is 11.9 Å². The fourth-order valence-electron chi connectivity index (χ4n) is 0.875. The van der Waals surface area contributed by atoms with E-state index >= 15 is 0 Å². The minimum Gasteiger partial charge on any atom is -0.390 e. The Labute approximate surface area is 103 Å². The smallest absolute Gasteiger partial charge is 0.261 e. The number of aliphatic hydroxyl groups excluding tert-OH is 1. The van der Waals surface area contributed by atoms with Gasteiger partial charge in [0.2, 0.25) is 0 Å². The molecule has 2 nitrogen and oxygen atoms in total. The summed E-state index contributed by atoms with van der Waals surface area (Å²) in [4.78, 5) is 2.36. The van der Waals surface area contributed by atoms with Gasteiger partial charge in [-0.05, 0) is 33.0 Å². The Bertz CT molecular complexity index is 90.9. The second-order valence-electron chi connectivity index (χ2n) is 2.58. The summed E-state index contributed by atoms with van der Waals surface area (Å²) in [6, 6.07) is 0. The molecule has 0 amide bonds. The van der Waals surface area contributed by atoms with Crippen LogP contribution in [-0.2, 0) is 0 Å². The van der Waals surface area contributed by atoms with Crippen molar-refractivity contribution in [3.8, 4) is 0 Å². The van der Waals surface area contributed by atoms with E-state index in [1.165, 1.54) is 25.9 Å². The van der Waals surface area contributed by atoms with Gasteiger partial charge in [-0.2, -0.15) is 0 Å². The number of alkyl halides is 2. The van der Waals surface area contributed by atoms with Crippen LogP contribution in [0.3, 0.4) is 0 Å². The van der Waals surface area contributed by atoms with Gasteiger partial charge in [0.15, 0.2) is 0 Å². The highest BCUT2D eigenvalue weighted by Crippen LogP contribution is 2.02. The van der Waals surface area contributed by atoms with Crippen molar-refractivity contribution in [3.63, 3.8) is 0 Å². The molecule has 0 aromatic carbocycles. The lowest BCUT2D eigenvalue weighted by Crippen LogP contribution is -2.10. The summed E-state index contributed by atoms with van der Waals surface area (Å²) in [5.41, 5.74) is 0. The Morgan fingerprint density at radius 2 is 1.50 bits per heavy atom. The van der Waals surface area contributed by atoms with Crippen LogP contribution in [0, 0.1) is 0 Å². The van der Waals surface area contributed by atoms with Crippen LogP contribution in [-0.4, -0.2) is 43.2 Å². The second kappa shape index (κ2) is 16.0. The van der Waals surface area contributed by atoms with Crippen LogP contribution >= 0.6 is 24.0 Å². The Hall–Kier alpha value is 0.510. The quantitative estimate of drug-likeness (QED) is 0.749. The van der Waals surface area contributed by atoms with Gasteiger partial charge in [0.25, 0.3) is 6.43 Å². The van der Waals surface area contributed by atoms with Crippen LogP contribution in [0.1, 0.15) is 26.7 Å². The predicted octanol–water partition coefficient (Wildman–Crippen LogP) is 2.60. The highest BCUT2D eigenvalue weighted by Gasteiger charge is 2.03. The van der Waals surface area contributed by atoms with Crippen LogP contribution in [0.15, 0.2) is 0 Å². The van der Waals surface area contributed by atoms with Crippen LogP contribution in [0.25, 0.3) is 0 Å². The highest BCUT2D eigenvalue weighted by atomic mass is 127. The van der Waals surface area contributed by atoms with Gasteiger partial charge in [-0.25, -0.2) is 8.78 Å². The zero-order chi connectivity index (χ0) is 10.7. The summed E-state index contributed by atoms with van der Waals surface area (Å²) in [5.74, 6) is 0. The summed E-state index contributed by atoms with van der Waals surface area (Å²) in [5, 5.41) is 7.39. The van der Waals surface area contributed by atoms with Crippen molar-refractivity contribution in [2.24, 2.45) is 0 Å². The Kier molecular flexibility index (Phi) is 22.8. The predicted molar refractivity (Wildman–Crippen MR) is 66.6 cm³/mol. The molecule has 1 N–H and O–H groups in total. The zero-order valence-electron chi connectivity index (χ0n) is 9.17. The number of hydrogen-bond acceptors (Lipinski definition) is 2. The molecular weight excluding hydrogens is 303 g/mol. The second-order valence-corrected chi connectivity index (χ2v) is 2.58. The van der Waals surface area contributed by atoms with Crippen molar-refractivity contribution < 1.29 is 13.9 Å². The highest BCUT2D eigenvalue weighted by molar-refractivity contribution is 14.0. The maximum Gasteiger partial charge on any atom is 0.261 e. The van der Waals surface area contributed by atoms with Gasteiger partial charge in [-0.3, -0.25) is 0 Å². The molecule has 1 fully saturated rings. The van der Waals surface area contributed by atoms with E-state index in [0.717, 1.165) is 0 Å². The summed E-state index contributed by atoms with van der Waals surface area (Å²) in [6.07, 6.45) is 0.266.